The van der Waals surface area contributed by atoms with E-state index in [0.29, 0.717) is 22.6 Å². The van der Waals surface area contributed by atoms with Gasteiger partial charge in [-0.1, -0.05) is 18.2 Å². The number of anilines is 1. The van der Waals surface area contributed by atoms with E-state index in [1.807, 2.05) is 0 Å². The van der Waals surface area contributed by atoms with Gasteiger partial charge in [-0.3, -0.25) is 4.79 Å². The highest BCUT2D eigenvalue weighted by molar-refractivity contribution is 5.97. The summed E-state index contributed by atoms with van der Waals surface area (Å²) in [5.74, 6) is -1.11. The summed E-state index contributed by atoms with van der Waals surface area (Å²) in [6.45, 7) is -0.467. The molecule has 0 unspecified atom stereocenters. The highest BCUT2D eigenvalue weighted by Gasteiger charge is 2.12. The molecule has 1 heterocycles. The van der Waals surface area contributed by atoms with E-state index in [2.05, 4.69) is 15.0 Å². The maximum absolute atomic E-state index is 12.1. The van der Waals surface area contributed by atoms with Crippen molar-refractivity contribution in [2.45, 2.75) is 0 Å². The van der Waals surface area contributed by atoms with Crippen molar-refractivity contribution in [3.8, 4) is 11.3 Å². The van der Waals surface area contributed by atoms with Gasteiger partial charge in [0.25, 0.3) is 5.91 Å². The summed E-state index contributed by atoms with van der Waals surface area (Å²) in [7, 11) is 1.27. The molecule has 0 fully saturated rings. The van der Waals surface area contributed by atoms with E-state index in [1.54, 1.807) is 48.7 Å². The Kier molecular flexibility index (Phi) is 5.81. The van der Waals surface area contributed by atoms with E-state index >= 15 is 0 Å². The lowest BCUT2D eigenvalue weighted by Gasteiger charge is -2.08. The number of oxazole rings is 1. The van der Waals surface area contributed by atoms with E-state index in [0.717, 1.165) is 5.56 Å². The minimum atomic E-state index is -0.636. The first-order valence-electron chi connectivity index (χ1n) is 8.21. The second kappa shape index (κ2) is 8.63. The molecule has 0 spiro atoms. The minimum Gasteiger partial charge on any atom is -0.465 e. The standard InChI is InChI=1S/C20H16N2O6/c1-26-19(24)15-3-2-4-16(9-15)22-18(23)11-27-20(25)14-7-5-13(6-8-14)17-10-21-12-28-17/h2-10,12H,11H2,1H3,(H,22,23). The molecule has 0 bridgehead atoms. The topological polar surface area (TPSA) is 108 Å². The third-order valence-corrected chi connectivity index (χ3v) is 3.74. The third kappa shape index (κ3) is 4.61. The normalized spacial score (nSPS) is 10.2. The maximum atomic E-state index is 12.1. The van der Waals surface area contributed by atoms with Gasteiger partial charge in [0.1, 0.15) is 0 Å². The zero-order chi connectivity index (χ0) is 19.9. The predicted molar refractivity (Wildman–Crippen MR) is 98.6 cm³/mol. The molecule has 3 rings (SSSR count). The molecule has 0 saturated heterocycles. The van der Waals surface area contributed by atoms with Crippen LogP contribution < -0.4 is 5.32 Å². The molecule has 0 atom stereocenters. The van der Waals surface area contributed by atoms with Crippen LogP contribution in [0.1, 0.15) is 20.7 Å². The molecule has 1 amide bonds. The van der Waals surface area contributed by atoms with Crippen molar-refractivity contribution in [1.82, 2.24) is 4.98 Å². The van der Waals surface area contributed by atoms with Gasteiger partial charge in [0.15, 0.2) is 18.8 Å². The second-order valence-corrected chi connectivity index (χ2v) is 5.64. The summed E-state index contributed by atoms with van der Waals surface area (Å²) in [5.41, 5.74) is 1.74. The molecule has 3 aromatic rings. The van der Waals surface area contributed by atoms with Gasteiger partial charge in [-0.2, -0.15) is 0 Å². The predicted octanol–water partition coefficient (Wildman–Crippen LogP) is 2.92. The van der Waals surface area contributed by atoms with Gasteiger partial charge in [0.2, 0.25) is 0 Å². The van der Waals surface area contributed by atoms with Crippen LogP contribution in [0.15, 0.2) is 65.5 Å². The molecule has 1 N–H and O–H groups in total. The summed E-state index contributed by atoms with van der Waals surface area (Å²) in [6.07, 6.45) is 2.88. The number of carbonyl (C=O) groups excluding carboxylic acids is 3. The number of rotatable bonds is 6. The SMILES string of the molecule is COC(=O)c1cccc(NC(=O)COC(=O)c2ccc(-c3cnco3)cc2)c1. The Bertz CT molecular complexity index is 980. The number of hydrogen-bond donors (Lipinski definition) is 1. The fourth-order valence-electron chi connectivity index (χ4n) is 2.38. The van der Waals surface area contributed by atoms with Gasteiger partial charge in [0.05, 0.1) is 24.4 Å². The third-order valence-electron chi connectivity index (χ3n) is 3.74. The Balaban J connectivity index is 1.54. The molecular weight excluding hydrogens is 364 g/mol. The summed E-state index contributed by atoms with van der Waals surface area (Å²) in [6, 6.07) is 12.7. The number of esters is 2. The first-order valence-corrected chi connectivity index (χ1v) is 8.21. The van der Waals surface area contributed by atoms with E-state index < -0.39 is 24.5 Å². The first kappa shape index (κ1) is 18.8. The quantitative estimate of drug-likeness (QED) is 0.655. The Morgan fingerprint density at radius 1 is 1.04 bits per heavy atom. The number of hydrogen-bond acceptors (Lipinski definition) is 7. The Morgan fingerprint density at radius 3 is 2.50 bits per heavy atom. The fraction of sp³-hybridized carbons (Fsp3) is 0.100. The number of nitrogens with one attached hydrogen (secondary N) is 1. The molecule has 0 aliphatic heterocycles. The van der Waals surface area contributed by atoms with Crippen LogP contribution in [0.25, 0.3) is 11.3 Å². The lowest BCUT2D eigenvalue weighted by molar-refractivity contribution is -0.119. The molecule has 0 aliphatic rings. The fourth-order valence-corrected chi connectivity index (χ4v) is 2.38. The molecule has 8 nitrogen and oxygen atoms in total. The summed E-state index contributed by atoms with van der Waals surface area (Å²) in [5, 5.41) is 2.55. The van der Waals surface area contributed by atoms with Crippen LogP contribution in [-0.2, 0) is 14.3 Å². The summed E-state index contributed by atoms with van der Waals surface area (Å²) in [4.78, 5) is 39.4. The van der Waals surface area contributed by atoms with Gasteiger partial charge >= 0.3 is 11.9 Å². The maximum Gasteiger partial charge on any atom is 0.338 e. The number of benzene rings is 2. The number of ether oxygens (including phenoxy) is 2. The van der Waals surface area contributed by atoms with Crippen molar-refractivity contribution in [3.63, 3.8) is 0 Å². The molecule has 142 valence electrons. The molecule has 28 heavy (non-hydrogen) atoms. The van der Waals surface area contributed by atoms with Crippen molar-refractivity contribution in [2.75, 3.05) is 19.0 Å². The van der Waals surface area contributed by atoms with Crippen LogP contribution in [0.5, 0.6) is 0 Å². The van der Waals surface area contributed by atoms with Crippen LogP contribution in [0, 0.1) is 0 Å². The second-order valence-electron chi connectivity index (χ2n) is 5.64. The summed E-state index contributed by atoms with van der Waals surface area (Å²) < 4.78 is 14.8. The lowest BCUT2D eigenvalue weighted by Crippen LogP contribution is -2.21. The van der Waals surface area contributed by atoms with E-state index in [9.17, 15) is 14.4 Å². The lowest BCUT2D eigenvalue weighted by atomic mass is 10.1. The highest BCUT2D eigenvalue weighted by Crippen LogP contribution is 2.19. The van der Waals surface area contributed by atoms with Gasteiger partial charge in [-0.25, -0.2) is 14.6 Å². The van der Waals surface area contributed by atoms with Crippen molar-refractivity contribution < 1.29 is 28.3 Å². The van der Waals surface area contributed by atoms with Crippen molar-refractivity contribution in [1.29, 1.82) is 0 Å². The molecular formula is C20H16N2O6. The molecule has 0 aliphatic carbocycles. The highest BCUT2D eigenvalue weighted by atomic mass is 16.5. The van der Waals surface area contributed by atoms with E-state index in [-0.39, 0.29) is 0 Å². The van der Waals surface area contributed by atoms with Crippen molar-refractivity contribution in [3.05, 3.63) is 72.2 Å². The molecule has 2 aromatic carbocycles. The smallest absolute Gasteiger partial charge is 0.338 e. The van der Waals surface area contributed by atoms with Gasteiger partial charge in [-0.05, 0) is 30.3 Å². The summed E-state index contributed by atoms with van der Waals surface area (Å²) >= 11 is 0. The molecule has 1 aromatic heterocycles. The van der Waals surface area contributed by atoms with Gasteiger partial charge in [-0.15, -0.1) is 0 Å². The van der Waals surface area contributed by atoms with E-state index in [1.165, 1.54) is 19.6 Å². The largest absolute Gasteiger partial charge is 0.465 e. The minimum absolute atomic E-state index is 0.295. The van der Waals surface area contributed by atoms with Crippen LogP contribution in [-0.4, -0.2) is 36.5 Å². The molecule has 0 saturated carbocycles. The number of aromatic nitrogens is 1. The van der Waals surface area contributed by atoms with Gasteiger partial charge in [0, 0.05) is 11.3 Å². The van der Waals surface area contributed by atoms with Crippen LogP contribution in [0.2, 0.25) is 0 Å². The zero-order valence-electron chi connectivity index (χ0n) is 14.9. The van der Waals surface area contributed by atoms with Gasteiger partial charge < -0.3 is 19.2 Å². The Morgan fingerprint density at radius 2 is 1.82 bits per heavy atom. The molecule has 0 radical (unpaired) electrons. The number of amides is 1. The average Bonchev–Trinajstić information content (AvgIpc) is 3.26. The Labute approximate surface area is 160 Å². The van der Waals surface area contributed by atoms with Crippen LogP contribution in [0.3, 0.4) is 0 Å². The van der Waals surface area contributed by atoms with Crippen LogP contribution >= 0.6 is 0 Å². The monoisotopic (exact) mass is 380 g/mol. The first-order chi connectivity index (χ1) is 13.6. The zero-order valence-corrected chi connectivity index (χ0v) is 14.9. The Hall–Kier alpha value is -3.94. The number of methoxy groups -OCH3 is 1. The van der Waals surface area contributed by atoms with Crippen molar-refractivity contribution in [2.24, 2.45) is 0 Å². The molecule has 8 heteroatoms. The number of carbonyl (C=O) groups is 3. The average molecular weight is 380 g/mol. The number of nitrogens with zero attached hydrogens (tertiary/aromatic N) is 1. The van der Waals surface area contributed by atoms with E-state index in [4.69, 9.17) is 9.15 Å². The van der Waals surface area contributed by atoms with Crippen molar-refractivity contribution >= 4 is 23.5 Å². The van der Waals surface area contributed by atoms with Crippen LogP contribution in [0.4, 0.5) is 5.69 Å².